The van der Waals surface area contributed by atoms with E-state index in [1.807, 2.05) is 42.2 Å². The maximum Gasteiger partial charge on any atom is 0.322 e. The number of ether oxygens (including phenoxy) is 1. The van der Waals surface area contributed by atoms with E-state index in [-0.39, 0.29) is 18.1 Å². The minimum atomic E-state index is -0.0481. The maximum absolute atomic E-state index is 12.6. The van der Waals surface area contributed by atoms with Gasteiger partial charge >= 0.3 is 6.03 Å². The van der Waals surface area contributed by atoms with Gasteiger partial charge in [-0.3, -0.25) is 0 Å². The summed E-state index contributed by atoms with van der Waals surface area (Å²) >= 11 is 0. The van der Waals surface area contributed by atoms with E-state index in [4.69, 9.17) is 4.74 Å². The average molecular weight is 339 g/mol. The standard InChI is InChI=1S/C18H21N5O2/c1-12-6-17(20-11-19-12)22-9-14-8-15(10-22)23(14)18(24)21-13-4-3-5-16(7-13)25-2/h3-7,11,14-15H,8-10H2,1-2H3,(H,21,24). The Labute approximate surface area is 146 Å². The fourth-order valence-corrected chi connectivity index (χ4v) is 3.63. The van der Waals surface area contributed by atoms with Crippen molar-refractivity contribution in [1.82, 2.24) is 14.9 Å². The number of urea groups is 1. The zero-order chi connectivity index (χ0) is 17.4. The summed E-state index contributed by atoms with van der Waals surface area (Å²) in [6.45, 7) is 3.57. The summed E-state index contributed by atoms with van der Waals surface area (Å²) in [4.78, 5) is 25.3. The number of anilines is 2. The Bertz CT molecular complexity index is 785. The van der Waals surface area contributed by atoms with Crippen LogP contribution in [0.4, 0.5) is 16.3 Å². The number of aryl methyl sites for hydroxylation is 1. The molecule has 3 aliphatic heterocycles. The van der Waals surface area contributed by atoms with Crippen LogP contribution in [-0.2, 0) is 0 Å². The summed E-state index contributed by atoms with van der Waals surface area (Å²) in [6.07, 6.45) is 2.64. The van der Waals surface area contributed by atoms with Crippen LogP contribution in [0.15, 0.2) is 36.7 Å². The van der Waals surface area contributed by atoms with E-state index in [1.165, 1.54) is 0 Å². The summed E-state index contributed by atoms with van der Waals surface area (Å²) in [6, 6.07) is 9.80. The first-order valence-corrected chi connectivity index (χ1v) is 8.41. The molecule has 2 bridgehead atoms. The fourth-order valence-electron chi connectivity index (χ4n) is 3.63. The molecule has 1 aromatic heterocycles. The molecule has 0 radical (unpaired) electrons. The molecule has 5 rings (SSSR count). The molecule has 1 aromatic carbocycles. The number of piperazine rings is 1. The SMILES string of the molecule is COc1cccc(NC(=O)N2C3CC2CN(c2cc(C)ncn2)C3)c1. The van der Waals surface area contributed by atoms with E-state index in [9.17, 15) is 4.79 Å². The highest BCUT2D eigenvalue weighted by atomic mass is 16.5. The Morgan fingerprint density at radius 3 is 2.76 bits per heavy atom. The number of benzene rings is 1. The summed E-state index contributed by atoms with van der Waals surface area (Å²) in [5.74, 6) is 1.67. The van der Waals surface area contributed by atoms with Gasteiger partial charge in [0.05, 0.1) is 19.2 Å². The molecule has 25 heavy (non-hydrogen) atoms. The number of piperidine rings is 1. The highest BCUT2D eigenvalue weighted by molar-refractivity contribution is 5.91. The van der Waals surface area contributed by atoms with Gasteiger partial charge in [-0.2, -0.15) is 0 Å². The monoisotopic (exact) mass is 339 g/mol. The van der Waals surface area contributed by atoms with Gasteiger partial charge in [-0.25, -0.2) is 14.8 Å². The quantitative estimate of drug-likeness (QED) is 0.929. The Hall–Kier alpha value is -2.83. The number of aromatic nitrogens is 2. The molecule has 4 heterocycles. The number of nitrogens with zero attached hydrogens (tertiary/aromatic N) is 4. The number of methoxy groups -OCH3 is 1. The van der Waals surface area contributed by atoms with Gasteiger partial charge < -0.3 is 19.9 Å². The first-order chi connectivity index (χ1) is 12.1. The van der Waals surface area contributed by atoms with E-state index in [0.29, 0.717) is 0 Å². The van der Waals surface area contributed by atoms with Crippen molar-refractivity contribution in [3.05, 3.63) is 42.4 Å². The zero-order valence-electron chi connectivity index (χ0n) is 14.3. The van der Waals surface area contributed by atoms with Gasteiger partial charge in [0, 0.05) is 36.6 Å². The van der Waals surface area contributed by atoms with Crippen molar-refractivity contribution in [1.29, 1.82) is 0 Å². The highest BCUT2D eigenvalue weighted by Crippen LogP contribution is 2.34. The van der Waals surface area contributed by atoms with Gasteiger partial charge in [-0.1, -0.05) is 6.07 Å². The zero-order valence-corrected chi connectivity index (χ0v) is 14.3. The van der Waals surface area contributed by atoms with E-state index in [2.05, 4.69) is 20.2 Å². The fraction of sp³-hybridized carbons (Fsp3) is 0.389. The second-order valence-electron chi connectivity index (χ2n) is 6.54. The maximum atomic E-state index is 12.6. The number of rotatable bonds is 3. The Morgan fingerprint density at radius 2 is 2.04 bits per heavy atom. The summed E-state index contributed by atoms with van der Waals surface area (Å²) in [5.41, 5.74) is 1.70. The number of carbonyl (C=O) groups excluding carboxylic acids is 1. The van der Waals surface area contributed by atoms with Gasteiger partial charge in [0.15, 0.2) is 0 Å². The minimum absolute atomic E-state index is 0.0481. The molecule has 2 amide bonds. The van der Waals surface area contributed by atoms with Crippen LogP contribution in [-0.4, -0.2) is 53.2 Å². The third-order valence-electron chi connectivity index (χ3n) is 4.86. The van der Waals surface area contributed by atoms with Crippen LogP contribution in [0, 0.1) is 6.92 Å². The Balaban J connectivity index is 1.41. The molecule has 2 unspecified atom stereocenters. The number of hydrogen-bond donors (Lipinski definition) is 1. The van der Waals surface area contributed by atoms with Crippen LogP contribution in [0.1, 0.15) is 12.1 Å². The lowest BCUT2D eigenvalue weighted by molar-refractivity contribution is 0.0436. The number of fused-ring (bicyclic) bond motifs is 2. The molecule has 0 aliphatic carbocycles. The highest BCUT2D eigenvalue weighted by Gasteiger charge is 2.47. The van der Waals surface area contributed by atoms with Crippen molar-refractivity contribution >= 4 is 17.5 Å². The van der Waals surface area contributed by atoms with Crippen molar-refractivity contribution in [2.45, 2.75) is 25.4 Å². The summed E-state index contributed by atoms with van der Waals surface area (Å²) in [7, 11) is 1.62. The van der Waals surface area contributed by atoms with Crippen molar-refractivity contribution in [3.63, 3.8) is 0 Å². The normalized spacial score (nSPS) is 21.5. The molecular weight excluding hydrogens is 318 g/mol. The first kappa shape index (κ1) is 15.7. The first-order valence-electron chi connectivity index (χ1n) is 8.41. The van der Waals surface area contributed by atoms with Gasteiger partial charge in [-0.05, 0) is 25.5 Å². The van der Waals surface area contributed by atoms with Crippen LogP contribution in [0.25, 0.3) is 0 Å². The number of nitrogens with one attached hydrogen (secondary N) is 1. The van der Waals surface area contributed by atoms with Crippen LogP contribution in [0.5, 0.6) is 5.75 Å². The molecule has 3 aliphatic rings. The molecular formula is C18H21N5O2. The van der Waals surface area contributed by atoms with Crippen LogP contribution >= 0.6 is 0 Å². The van der Waals surface area contributed by atoms with Gasteiger partial charge in [0.1, 0.15) is 17.9 Å². The van der Waals surface area contributed by atoms with Crippen molar-refractivity contribution in [2.24, 2.45) is 0 Å². The molecule has 7 heteroatoms. The number of carbonyl (C=O) groups is 1. The molecule has 3 fully saturated rings. The smallest absolute Gasteiger partial charge is 0.322 e. The van der Waals surface area contributed by atoms with E-state index < -0.39 is 0 Å². The van der Waals surface area contributed by atoms with Crippen molar-refractivity contribution < 1.29 is 9.53 Å². The largest absolute Gasteiger partial charge is 0.497 e. The molecule has 0 spiro atoms. The van der Waals surface area contributed by atoms with Crippen LogP contribution < -0.4 is 15.0 Å². The van der Waals surface area contributed by atoms with Crippen LogP contribution in [0.3, 0.4) is 0 Å². The lowest BCUT2D eigenvalue weighted by Crippen LogP contribution is -2.71. The topological polar surface area (TPSA) is 70.6 Å². The van der Waals surface area contributed by atoms with E-state index in [0.717, 1.165) is 42.5 Å². The lowest BCUT2D eigenvalue weighted by atomic mass is 9.88. The van der Waals surface area contributed by atoms with Gasteiger partial charge in [-0.15, -0.1) is 0 Å². The second kappa shape index (κ2) is 6.23. The molecule has 2 atom stereocenters. The average Bonchev–Trinajstić information content (AvgIpc) is 2.62. The lowest BCUT2D eigenvalue weighted by Gasteiger charge is -2.56. The number of hydrogen-bond acceptors (Lipinski definition) is 5. The third-order valence-corrected chi connectivity index (χ3v) is 4.86. The van der Waals surface area contributed by atoms with Crippen LogP contribution in [0.2, 0.25) is 0 Å². The Morgan fingerprint density at radius 1 is 1.24 bits per heavy atom. The summed E-state index contributed by atoms with van der Waals surface area (Å²) < 4.78 is 5.20. The molecule has 130 valence electrons. The summed E-state index contributed by atoms with van der Waals surface area (Å²) in [5, 5.41) is 2.97. The van der Waals surface area contributed by atoms with Gasteiger partial charge in [0.2, 0.25) is 0 Å². The van der Waals surface area contributed by atoms with E-state index >= 15 is 0 Å². The van der Waals surface area contributed by atoms with Gasteiger partial charge in [0.25, 0.3) is 0 Å². The molecule has 3 saturated heterocycles. The predicted molar refractivity (Wildman–Crippen MR) is 95.0 cm³/mol. The Kier molecular flexibility index (Phi) is 3.91. The molecule has 1 N–H and O–H groups in total. The van der Waals surface area contributed by atoms with E-state index in [1.54, 1.807) is 13.4 Å². The third kappa shape index (κ3) is 2.97. The predicted octanol–water partition coefficient (Wildman–Crippen LogP) is 2.29. The van der Waals surface area contributed by atoms with Crippen molar-refractivity contribution in [3.8, 4) is 5.75 Å². The minimum Gasteiger partial charge on any atom is -0.497 e. The van der Waals surface area contributed by atoms with Crippen molar-refractivity contribution in [2.75, 3.05) is 30.4 Å². The number of amides is 2. The second-order valence-corrected chi connectivity index (χ2v) is 6.54. The molecule has 0 saturated carbocycles. The molecule has 2 aromatic rings. The molecule has 7 nitrogen and oxygen atoms in total.